The fraction of sp³-hybridized carbons (Fsp3) is 0.364. The van der Waals surface area contributed by atoms with E-state index in [1.165, 1.54) is 0 Å². The first-order valence-corrected chi connectivity index (χ1v) is 4.95. The van der Waals surface area contributed by atoms with E-state index in [-0.39, 0.29) is 5.56 Å². The van der Waals surface area contributed by atoms with E-state index in [1.807, 2.05) is 0 Å². The summed E-state index contributed by atoms with van der Waals surface area (Å²) in [5.41, 5.74) is -1.01. The van der Waals surface area contributed by atoms with Crippen LogP contribution in [-0.2, 0) is 17.4 Å². The van der Waals surface area contributed by atoms with Gasteiger partial charge in [-0.05, 0) is 17.7 Å². The minimum Gasteiger partial charge on any atom is -0.377 e. The topological polar surface area (TPSA) is 37.3 Å². The summed E-state index contributed by atoms with van der Waals surface area (Å²) in [7, 11) is 0. The molecule has 0 saturated heterocycles. The number of carbonyl (C=O) groups excluding carboxylic acids is 1. The fourth-order valence-electron chi connectivity index (χ4n) is 1.29. The standard InChI is InChI=1S/C11H8F6O2/c12-10(13,14)7-3-1-6(2-4-7)5-8(18)9(19)11(15,16)17/h1-4,9,19H,5H2. The van der Waals surface area contributed by atoms with Gasteiger partial charge in [0.05, 0.1) is 5.56 Å². The quantitative estimate of drug-likeness (QED) is 0.867. The Morgan fingerprint density at radius 2 is 1.53 bits per heavy atom. The van der Waals surface area contributed by atoms with Crippen molar-refractivity contribution in [3.63, 3.8) is 0 Å². The molecule has 2 nitrogen and oxygen atoms in total. The number of hydrogen-bond acceptors (Lipinski definition) is 2. The van der Waals surface area contributed by atoms with E-state index in [1.54, 1.807) is 0 Å². The van der Waals surface area contributed by atoms with Crippen LogP contribution in [0.2, 0.25) is 0 Å². The number of alkyl halides is 6. The van der Waals surface area contributed by atoms with Crippen molar-refractivity contribution in [3.8, 4) is 0 Å². The molecule has 1 aromatic rings. The van der Waals surface area contributed by atoms with Gasteiger partial charge in [0, 0.05) is 6.42 Å². The molecule has 0 bridgehead atoms. The van der Waals surface area contributed by atoms with Gasteiger partial charge in [0.15, 0.2) is 5.78 Å². The highest BCUT2D eigenvalue weighted by molar-refractivity contribution is 5.85. The average Bonchev–Trinajstić information content (AvgIpc) is 2.26. The minimum absolute atomic E-state index is 0.0405. The molecule has 106 valence electrons. The van der Waals surface area contributed by atoms with Crippen molar-refractivity contribution < 1.29 is 36.2 Å². The first kappa shape index (κ1) is 15.5. The lowest BCUT2D eigenvalue weighted by Crippen LogP contribution is -2.37. The summed E-state index contributed by atoms with van der Waals surface area (Å²) in [4.78, 5) is 11.0. The molecule has 0 aromatic heterocycles. The molecule has 0 spiro atoms. The number of benzene rings is 1. The molecular formula is C11H8F6O2. The number of aliphatic hydroxyl groups is 1. The van der Waals surface area contributed by atoms with Gasteiger partial charge in [-0.3, -0.25) is 4.79 Å². The Balaban J connectivity index is 2.77. The van der Waals surface area contributed by atoms with Crippen LogP contribution in [0.3, 0.4) is 0 Å². The maximum absolute atomic E-state index is 12.2. The normalized spacial score (nSPS) is 14.3. The Kier molecular flexibility index (Phi) is 4.24. The number of halogens is 6. The number of rotatable bonds is 3. The highest BCUT2D eigenvalue weighted by Gasteiger charge is 2.43. The van der Waals surface area contributed by atoms with Gasteiger partial charge in [-0.2, -0.15) is 26.3 Å². The van der Waals surface area contributed by atoms with Gasteiger partial charge in [-0.15, -0.1) is 0 Å². The predicted octanol–water partition coefficient (Wildman–Crippen LogP) is 2.74. The zero-order valence-corrected chi connectivity index (χ0v) is 9.22. The van der Waals surface area contributed by atoms with Crippen LogP contribution in [0.1, 0.15) is 11.1 Å². The van der Waals surface area contributed by atoms with Crippen molar-refractivity contribution in [1.82, 2.24) is 0 Å². The van der Waals surface area contributed by atoms with Gasteiger partial charge in [-0.25, -0.2) is 0 Å². The summed E-state index contributed by atoms with van der Waals surface area (Å²) >= 11 is 0. The molecule has 1 aromatic carbocycles. The number of carbonyl (C=O) groups is 1. The van der Waals surface area contributed by atoms with Crippen LogP contribution in [0.4, 0.5) is 26.3 Å². The van der Waals surface area contributed by atoms with E-state index in [9.17, 15) is 31.1 Å². The lowest BCUT2D eigenvalue weighted by atomic mass is 10.0. The first-order chi connectivity index (χ1) is 8.51. The third-order valence-corrected chi connectivity index (χ3v) is 2.27. The van der Waals surface area contributed by atoms with E-state index in [4.69, 9.17) is 5.11 Å². The summed E-state index contributed by atoms with van der Waals surface area (Å²) in [5, 5.41) is 8.64. The number of ketones is 1. The molecule has 19 heavy (non-hydrogen) atoms. The molecule has 1 atom stereocenters. The summed E-state index contributed by atoms with van der Waals surface area (Å²) in [6.07, 6.45) is -13.6. The molecule has 0 saturated carbocycles. The van der Waals surface area contributed by atoms with Crippen LogP contribution < -0.4 is 0 Å². The Bertz CT molecular complexity index is 446. The zero-order chi connectivity index (χ0) is 14.8. The molecule has 0 aliphatic heterocycles. The lowest BCUT2D eigenvalue weighted by molar-refractivity contribution is -0.203. The second-order valence-corrected chi connectivity index (χ2v) is 3.78. The first-order valence-electron chi connectivity index (χ1n) is 4.95. The Morgan fingerprint density at radius 1 is 1.05 bits per heavy atom. The van der Waals surface area contributed by atoms with Gasteiger partial charge in [0.1, 0.15) is 0 Å². The van der Waals surface area contributed by atoms with Crippen LogP contribution in [0.5, 0.6) is 0 Å². The predicted molar refractivity (Wildman–Crippen MR) is 52.2 cm³/mol. The molecule has 0 amide bonds. The maximum Gasteiger partial charge on any atom is 0.421 e. The summed E-state index contributed by atoms with van der Waals surface area (Å²) in [6, 6.07) is 3.10. The van der Waals surface area contributed by atoms with Crippen molar-refractivity contribution in [2.45, 2.75) is 24.9 Å². The summed E-state index contributed by atoms with van der Waals surface area (Å²) in [6.45, 7) is 0. The smallest absolute Gasteiger partial charge is 0.377 e. The van der Waals surface area contributed by atoms with Crippen molar-refractivity contribution in [2.75, 3.05) is 0 Å². The van der Waals surface area contributed by atoms with Crippen molar-refractivity contribution in [2.24, 2.45) is 0 Å². The lowest BCUT2D eigenvalue weighted by Gasteiger charge is -2.13. The van der Waals surface area contributed by atoms with Crippen LogP contribution >= 0.6 is 0 Å². The zero-order valence-electron chi connectivity index (χ0n) is 9.22. The summed E-state index contributed by atoms with van der Waals surface area (Å²) in [5.74, 6) is -1.52. The van der Waals surface area contributed by atoms with Gasteiger partial charge in [0.2, 0.25) is 6.10 Å². The molecule has 8 heteroatoms. The third kappa shape index (κ3) is 4.23. The molecular weight excluding hydrogens is 278 g/mol. The highest BCUT2D eigenvalue weighted by atomic mass is 19.4. The van der Waals surface area contributed by atoms with Crippen LogP contribution in [-0.4, -0.2) is 23.2 Å². The van der Waals surface area contributed by atoms with E-state index in [0.29, 0.717) is 12.1 Å². The van der Waals surface area contributed by atoms with Crippen molar-refractivity contribution in [1.29, 1.82) is 0 Å². The molecule has 0 fully saturated rings. The fourth-order valence-corrected chi connectivity index (χ4v) is 1.29. The molecule has 0 radical (unpaired) electrons. The molecule has 0 aliphatic carbocycles. The van der Waals surface area contributed by atoms with E-state index >= 15 is 0 Å². The SMILES string of the molecule is O=C(Cc1ccc(C(F)(F)F)cc1)C(O)C(F)(F)F. The Hall–Kier alpha value is -1.57. The third-order valence-electron chi connectivity index (χ3n) is 2.27. The van der Waals surface area contributed by atoms with Crippen molar-refractivity contribution in [3.05, 3.63) is 35.4 Å². The number of aliphatic hydroxyl groups excluding tert-OH is 1. The van der Waals surface area contributed by atoms with Gasteiger partial charge in [-0.1, -0.05) is 12.1 Å². The second kappa shape index (κ2) is 5.20. The van der Waals surface area contributed by atoms with Crippen molar-refractivity contribution >= 4 is 5.78 Å². The monoisotopic (exact) mass is 286 g/mol. The second-order valence-electron chi connectivity index (χ2n) is 3.78. The van der Waals surface area contributed by atoms with Gasteiger partial charge in [0.25, 0.3) is 0 Å². The molecule has 0 aliphatic rings. The van der Waals surface area contributed by atoms with Crippen LogP contribution in [0.25, 0.3) is 0 Å². The van der Waals surface area contributed by atoms with E-state index in [0.717, 1.165) is 12.1 Å². The summed E-state index contributed by atoms with van der Waals surface area (Å²) < 4.78 is 72.6. The highest BCUT2D eigenvalue weighted by Crippen LogP contribution is 2.29. The minimum atomic E-state index is -5.08. The van der Waals surface area contributed by atoms with Crippen LogP contribution in [0.15, 0.2) is 24.3 Å². The van der Waals surface area contributed by atoms with E-state index in [2.05, 4.69) is 0 Å². The molecule has 1 unspecified atom stereocenters. The van der Waals surface area contributed by atoms with Crippen LogP contribution in [0, 0.1) is 0 Å². The average molecular weight is 286 g/mol. The molecule has 1 rings (SSSR count). The number of Topliss-reactive ketones (excluding diaryl/α,β-unsaturated/α-hetero) is 1. The van der Waals surface area contributed by atoms with E-state index < -0.39 is 36.2 Å². The maximum atomic E-state index is 12.2. The Morgan fingerprint density at radius 3 is 1.89 bits per heavy atom. The Labute approximate surface area is 103 Å². The molecule has 1 N–H and O–H groups in total. The largest absolute Gasteiger partial charge is 0.421 e. The van der Waals surface area contributed by atoms with Gasteiger partial charge >= 0.3 is 12.4 Å². The molecule has 0 heterocycles. The van der Waals surface area contributed by atoms with Gasteiger partial charge < -0.3 is 5.11 Å². The number of hydrogen-bond donors (Lipinski definition) is 1.